The zero-order chi connectivity index (χ0) is 17.6. The van der Waals surface area contributed by atoms with Crippen molar-refractivity contribution >= 4 is 50.2 Å². The van der Waals surface area contributed by atoms with E-state index in [1.807, 2.05) is 30.3 Å². The predicted octanol–water partition coefficient (Wildman–Crippen LogP) is 5.96. The van der Waals surface area contributed by atoms with Crippen LogP contribution < -0.4 is 0 Å². The van der Waals surface area contributed by atoms with Crippen LogP contribution in [0, 0.1) is 10.5 Å². The van der Waals surface area contributed by atoms with Gasteiger partial charge >= 0.3 is 0 Å². The average Bonchev–Trinajstić information content (AvgIpc) is 2.93. The summed E-state index contributed by atoms with van der Waals surface area (Å²) in [7, 11) is 0. The number of carbonyl (C=O) groups excluding carboxylic acids is 1. The van der Waals surface area contributed by atoms with E-state index in [0.29, 0.717) is 0 Å². The van der Waals surface area contributed by atoms with Crippen molar-refractivity contribution in [3.05, 3.63) is 80.9 Å². The van der Waals surface area contributed by atoms with Crippen molar-refractivity contribution < 1.29 is 4.79 Å². The summed E-state index contributed by atoms with van der Waals surface area (Å²) < 4.78 is 3.29. The van der Waals surface area contributed by atoms with Crippen LogP contribution in [0.5, 0.6) is 0 Å². The molecular weight excluding hydrogens is 421 g/mol. The molecule has 0 spiro atoms. The molecule has 0 aliphatic heterocycles. The molecule has 3 heteroatoms. The standard InChI is InChI=1S/C22H18INO/c1-3-24-20-10-8-14(2)12-17(20)18-13-15(9-11-21(18)24)22(25)16-6-4-5-7-19(16)23/h4-13H,3H2,1-2H3. The Morgan fingerprint density at radius 2 is 1.64 bits per heavy atom. The lowest BCUT2D eigenvalue weighted by atomic mass is 10.0. The maximum absolute atomic E-state index is 13.0. The van der Waals surface area contributed by atoms with Gasteiger partial charge in [0.25, 0.3) is 0 Å². The van der Waals surface area contributed by atoms with Crippen LogP contribution in [0.4, 0.5) is 0 Å². The number of nitrogens with zero attached hydrogens (tertiary/aromatic N) is 1. The third kappa shape index (κ3) is 2.67. The van der Waals surface area contributed by atoms with Gasteiger partial charge in [0.2, 0.25) is 0 Å². The lowest BCUT2D eigenvalue weighted by Gasteiger charge is -2.05. The minimum Gasteiger partial charge on any atom is -0.341 e. The van der Waals surface area contributed by atoms with E-state index in [9.17, 15) is 4.79 Å². The number of carbonyl (C=O) groups is 1. The van der Waals surface area contributed by atoms with Gasteiger partial charge in [0.15, 0.2) is 5.78 Å². The van der Waals surface area contributed by atoms with Crippen LogP contribution in [0.15, 0.2) is 60.7 Å². The lowest BCUT2D eigenvalue weighted by molar-refractivity contribution is 0.103. The zero-order valence-corrected chi connectivity index (χ0v) is 16.4. The fourth-order valence-corrected chi connectivity index (χ4v) is 4.13. The monoisotopic (exact) mass is 439 g/mol. The third-order valence-corrected chi connectivity index (χ3v) is 5.66. The second-order valence-corrected chi connectivity index (χ2v) is 7.47. The van der Waals surface area contributed by atoms with Gasteiger partial charge in [-0.15, -0.1) is 0 Å². The maximum Gasteiger partial charge on any atom is 0.194 e. The summed E-state index contributed by atoms with van der Waals surface area (Å²) in [4.78, 5) is 13.0. The topological polar surface area (TPSA) is 22.0 Å². The molecule has 1 heterocycles. The molecule has 0 saturated carbocycles. The Labute approximate surface area is 160 Å². The molecule has 4 rings (SSSR count). The molecule has 0 N–H and O–H groups in total. The van der Waals surface area contributed by atoms with E-state index in [1.54, 1.807) is 0 Å². The fourth-order valence-electron chi connectivity index (χ4n) is 3.50. The molecule has 0 fully saturated rings. The molecule has 2 nitrogen and oxygen atoms in total. The molecule has 0 radical (unpaired) electrons. The first kappa shape index (κ1) is 16.3. The molecule has 0 aliphatic carbocycles. The van der Waals surface area contributed by atoms with Crippen LogP contribution >= 0.6 is 22.6 Å². The summed E-state index contributed by atoms with van der Waals surface area (Å²) in [6, 6.07) is 20.4. The van der Waals surface area contributed by atoms with Crippen molar-refractivity contribution in [2.75, 3.05) is 0 Å². The summed E-state index contributed by atoms with van der Waals surface area (Å²) >= 11 is 2.22. The number of hydrogen-bond acceptors (Lipinski definition) is 1. The molecular formula is C22H18INO. The van der Waals surface area contributed by atoms with Gasteiger partial charge in [-0.2, -0.15) is 0 Å². The Morgan fingerprint density at radius 3 is 2.36 bits per heavy atom. The summed E-state index contributed by atoms with van der Waals surface area (Å²) in [5.41, 5.74) is 5.15. The quantitative estimate of drug-likeness (QED) is 0.285. The first-order valence-electron chi connectivity index (χ1n) is 8.42. The number of ketones is 1. The van der Waals surface area contributed by atoms with Crippen LogP contribution in [0.25, 0.3) is 21.8 Å². The normalized spacial score (nSPS) is 11.3. The molecule has 0 bridgehead atoms. The molecule has 0 saturated heterocycles. The molecule has 25 heavy (non-hydrogen) atoms. The molecule has 0 atom stereocenters. The van der Waals surface area contributed by atoms with Gasteiger partial charge in [-0.1, -0.05) is 23.8 Å². The Bertz CT molecular complexity index is 1120. The number of hydrogen-bond donors (Lipinski definition) is 0. The summed E-state index contributed by atoms with van der Waals surface area (Å²) in [6.07, 6.45) is 0. The van der Waals surface area contributed by atoms with Crippen molar-refractivity contribution in [2.24, 2.45) is 0 Å². The highest BCUT2D eigenvalue weighted by Gasteiger charge is 2.15. The highest BCUT2D eigenvalue weighted by atomic mass is 127. The minimum absolute atomic E-state index is 0.0805. The fraction of sp³-hybridized carbons (Fsp3) is 0.136. The molecule has 0 aliphatic rings. The van der Waals surface area contributed by atoms with Crippen molar-refractivity contribution in [1.29, 1.82) is 0 Å². The largest absolute Gasteiger partial charge is 0.341 e. The highest BCUT2D eigenvalue weighted by Crippen LogP contribution is 2.31. The van der Waals surface area contributed by atoms with Crippen LogP contribution in [0.1, 0.15) is 28.4 Å². The number of halogens is 1. The van der Waals surface area contributed by atoms with Gasteiger partial charge in [-0.05, 0) is 78.9 Å². The first-order chi connectivity index (χ1) is 12.1. The second kappa shape index (κ2) is 6.30. The van der Waals surface area contributed by atoms with Crippen LogP contribution in [-0.2, 0) is 6.54 Å². The van der Waals surface area contributed by atoms with Crippen molar-refractivity contribution in [2.45, 2.75) is 20.4 Å². The van der Waals surface area contributed by atoms with E-state index < -0.39 is 0 Å². The predicted molar refractivity (Wildman–Crippen MR) is 112 cm³/mol. The number of aromatic nitrogens is 1. The average molecular weight is 439 g/mol. The lowest BCUT2D eigenvalue weighted by Crippen LogP contribution is -2.03. The van der Waals surface area contributed by atoms with Crippen molar-refractivity contribution in [1.82, 2.24) is 4.57 Å². The molecule has 0 amide bonds. The molecule has 4 aromatic rings. The molecule has 0 unspecified atom stereocenters. The van der Waals surface area contributed by atoms with E-state index in [4.69, 9.17) is 0 Å². The van der Waals surface area contributed by atoms with Gasteiger partial charge < -0.3 is 4.57 Å². The van der Waals surface area contributed by atoms with E-state index in [2.05, 4.69) is 71.3 Å². The molecule has 124 valence electrons. The second-order valence-electron chi connectivity index (χ2n) is 6.31. The van der Waals surface area contributed by atoms with Crippen LogP contribution in [0.2, 0.25) is 0 Å². The van der Waals surface area contributed by atoms with Crippen LogP contribution in [-0.4, -0.2) is 10.4 Å². The molecule has 1 aromatic heterocycles. The number of aryl methyl sites for hydroxylation is 2. The van der Waals surface area contributed by atoms with E-state index in [1.165, 1.54) is 22.0 Å². The van der Waals surface area contributed by atoms with E-state index in [0.717, 1.165) is 26.6 Å². The third-order valence-electron chi connectivity index (χ3n) is 4.72. The van der Waals surface area contributed by atoms with Gasteiger partial charge in [-0.25, -0.2) is 0 Å². The first-order valence-corrected chi connectivity index (χ1v) is 9.50. The van der Waals surface area contributed by atoms with E-state index >= 15 is 0 Å². The van der Waals surface area contributed by atoms with Crippen LogP contribution in [0.3, 0.4) is 0 Å². The SMILES string of the molecule is CCn1c2ccc(C)cc2c2cc(C(=O)c3ccccc3I)ccc21. The van der Waals surface area contributed by atoms with Crippen molar-refractivity contribution in [3.63, 3.8) is 0 Å². The van der Waals surface area contributed by atoms with Crippen molar-refractivity contribution in [3.8, 4) is 0 Å². The Hall–Kier alpha value is -2.14. The number of benzene rings is 3. The molecule has 3 aromatic carbocycles. The highest BCUT2D eigenvalue weighted by molar-refractivity contribution is 14.1. The van der Waals surface area contributed by atoms with E-state index in [-0.39, 0.29) is 5.78 Å². The van der Waals surface area contributed by atoms with Gasteiger partial charge in [0.1, 0.15) is 0 Å². The smallest absolute Gasteiger partial charge is 0.194 e. The Balaban J connectivity index is 1.96. The number of rotatable bonds is 3. The summed E-state index contributed by atoms with van der Waals surface area (Å²) in [6.45, 7) is 5.17. The van der Waals surface area contributed by atoms with Gasteiger partial charge in [0, 0.05) is 43.0 Å². The van der Waals surface area contributed by atoms with Gasteiger partial charge in [-0.3, -0.25) is 4.79 Å². The summed E-state index contributed by atoms with van der Waals surface area (Å²) in [5, 5.41) is 2.37. The Morgan fingerprint density at radius 1 is 0.960 bits per heavy atom. The Kier molecular flexibility index (Phi) is 4.12. The zero-order valence-electron chi connectivity index (χ0n) is 14.2. The summed E-state index contributed by atoms with van der Waals surface area (Å²) in [5.74, 6) is 0.0805. The van der Waals surface area contributed by atoms with Gasteiger partial charge in [0.05, 0.1) is 0 Å². The maximum atomic E-state index is 13.0. The number of fused-ring (bicyclic) bond motifs is 3. The minimum atomic E-state index is 0.0805.